The number of carboxylic acids is 1. The zero-order valence-electron chi connectivity index (χ0n) is 11.2. The molecule has 2 aliphatic rings. The number of rotatable bonds is 2. The molecule has 2 aliphatic heterocycles. The molecular formula is C15H17NO4. The lowest BCUT2D eigenvalue weighted by atomic mass is 10.1. The van der Waals surface area contributed by atoms with Crippen LogP contribution in [0.4, 0.5) is 5.69 Å². The summed E-state index contributed by atoms with van der Waals surface area (Å²) in [5.41, 5.74) is 2.02. The van der Waals surface area contributed by atoms with Crippen LogP contribution in [0.1, 0.15) is 35.2 Å². The van der Waals surface area contributed by atoms with Crippen LogP contribution in [0, 0.1) is 0 Å². The minimum atomic E-state index is -0.937. The molecule has 1 aromatic carbocycles. The van der Waals surface area contributed by atoms with Crippen LogP contribution in [-0.2, 0) is 16.0 Å². The molecule has 0 bridgehead atoms. The number of carbonyl (C=O) groups is 2. The van der Waals surface area contributed by atoms with Gasteiger partial charge in [0.1, 0.15) is 6.10 Å². The van der Waals surface area contributed by atoms with E-state index in [-0.39, 0.29) is 17.6 Å². The van der Waals surface area contributed by atoms with Crippen LogP contribution in [0.2, 0.25) is 0 Å². The Morgan fingerprint density at radius 2 is 2.15 bits per heavy atom. The lowest BCUT2D eigenvalue weighted by molar-refractivity contribution is -0.132. The van der Waals surface area contributed by atoms with Crippen LogP contribution in [0.25, 0.3) is 0 Å². The summed E-state index contributed by atoms with van der Waals surface area (Å²) in [5.74, 6) is -0.931. The van der Waals surface area contributed by atoms with Gasteiger partial charge >= 0.3 is 5.97 Å². The number of ether oxygens (including phenoxy) is 1. The molecule has 0 spiro atoms. The monoisotopic (exact) mass is 275 g/mol. The van der Waals surface area contributed by atoms with Gasteiger partial charge in [-0.2, -0.15) is 0 Å². The minimum absolute atomic E-state index is 0.00604. The van der Waals surface area contributed by atoms with E-state index in [1.54, 1.807) is 23.1 Å². The second-order valence-corrected chi connectivity index (χ2v) is 5.24. The van der Waals surface area contributed by atoms with Crippen molar-refractivity contribution < 1.29 is 19.4 Å². The topological polar surface area (TPSA) is 66.8 Å². The van der Waals surface area contributed by atoms with Crippen LogP contribution < -0.4 is 4.90 Å². The van der Waals surface area contributed by atoms with Gasteiger partial charge in [-0.05, 0) is 49.4 Å². The number of amides is 1. The number of carbonyl (C=O) groups excluding carboxylic acids is 1. The Bertz CT molecular complexity index is 549. The van der Waals surface area contributed by atoms with Crippen molar-refractivity contribution in [2.24, 2.45) is 0 Å². The van der Waals surface area contributed by atoms with Crippen LogP contribution in [0.5, 0.6) is 0 Å². The normalized spacial score (nSPS) is 21.6. The fourth-order valence-electron chi connectivity index (χ4n) is 2.87. The Labute approximate surface area is 117 Å². The summed E-state index contributed by atoms with van der Waals surface area (Å²) in [6, 6.07) is 4.94. The first-order valence-corrected chi connectivity index (χ1v) is 6.96. The van der Waals surface area contributed by atoms with Crippen LogP contribution in [0.15, 0.2) is 18.2 Å². The molecule has 1 atom stereocenters. The van der Waals surface area contributed by atoms with Gasteiger partial charge < -0.3 is 14.7 Å². The highest BCUT2D eigenvalue weighted by Gasteiger charge is 2.32. The first-order chi connectivity index (χ1) is 9.66. The standard InChI is InChI=1S/C15H17NO4/c17-14(13-3-1-2-8-20-13)16-7-6-10-9-11(15(18)19)4-5-12(10)16/h4-5,9,13H,1-3,6-8H2,(H,18,19). The molecule has 0 saturated carbocycles. The third-order valence-corrected chi connectivity index (χ3v) is 3.94. The van der Waals surface area contributed by atoms with Crippen molar-refractivity contribution in [3.63, 3.8) is 0 Å². The fraction of sp³-hybridized carbons (Fsp3) is 0.467. The highest BCUT2D eigenvalue weighted by atomic mass is 16.5. The van der Waals surface area contributed by atoms with Gasteiger partial charge in [0.05, 0.1) is 5.56 Å². The summed E-state index contributed by atoms with van der Waals surface area (Å²) in [4.78, 5) is 25.2. The third-order valence-electron chi connectivity index (χ3n) is 3.94. The molecule has 106 valence electrons. The molecule has 1 unspecified atom stereocenters. The average molecular weight is 275 g/mol. The molecule has 1 fully saturated rings. The van der Waals surface area contributed by atoms with E-state index in [0.29, 0.717) is 19.6 Å². The van der Waals surface area contributed by atoms with Crippen LogP contribution in [0.3, 0.4) is 0 Å². The van der Waals surface area contributed by atoms with Gasteiger partial charge in [0.15, 0.2) is 0 Å². The first kappa shape index (κ1) is 13.1. The van der Waals surface area contributed by atoms with E-state index in [1.807, 2.05) is 0 Å². The van der Waals surface area contributed by atoms with Gasteiger partial charge in [0.25, 0.3) is 5.91 Å². The fourth-order valence-corrected chi connectivity index (χ4v) is 2.87. The molecule has 1 saturated heterocycles. The molecule has 1 amide bonds. The Hall–Kier alpha value is -1.88. The predicted octanol–water partition coefficient (Wildman–Crippen LogP) is 1.84. The minimum Gasteiger partial charge on any atom is -0.478 e. The zero-order valence-corrected chi connectivity index (χ0v) is 11.2. The second kappa shape index (κ2) is 5.25. The summed E-state index contributed by atoms with van der Waals surface area (Å²) < 4.78 is 5.54. The lowest BCUT2D eigenvalue weighted by Crippen LogP contribution is -2.41. The largest absolute Gasteiger partial charge is 0.478 e. The molecule has 0 aromatic heterocycles. The van der Waals surface area contributed by atoms with E-state index < -0.39 is 5.97 Å². The van der Waals surface area contributed by atoms with Crippen molar-refractivity contribution >= 4 is 17.6 Å². The Morgan fingerprint density at radius 1 is 1.30 bits per heavy atom. The van der Waals surface area contributed by atoms with Crippen molar-refractivity contribution in [3.05, 3.63) is 29.3 Å². The highest BCUT2D eigenvalue weighted by Crippen LogP contribution is 2.30. The average Bonchev–Trinajstić information content (AvgIpc) is 2.90. The smallest absolute Gasteiger partial charge is 0.335 e. The summed E-state index contributed by atoms with van der Waals surface area (Å²) >= 11 is 0. The molecule has 5 nitrogen and oxygen atoms in total. The maximum absolute atomic E-state index is 12.5. The molecule has 1 N–H and O–H groups in total. The maximum Gasteiger partial charge on any atom is 0.335 e. The Morgan fingerprint density at radius 3 is 2.85 bits per heavy atom. The summed E-state index contributed by atoms with van der Waals surface area (Å²) in [7, 11) is 0. The summed E-state index contributed by atoms with van der Waals surface area (Å²) in [6.07, 6.45) is 3.18. The molecule has 3 rings (SSSR count). The number of anilines is 1. The molecule has 2 heterocycles. The lowest BCUT2D eigenvalue weighted by Gasteiger charge is -2.27. The van der Waals surface area contributed by atoms with E-state index in [2.05, 4.69) is 0 Å². The van der Waals surface area contributed by atoms with Crippen molar-refractivity contribution in [1.82, 2.24) is 0 Å². The number of fused-ring (bicyclic) bond motifs is 1. The third kappa shape index (κ3) is 2.29. The van der Waals surface area contributed by atoms with Gasteiger partial charge in [-0.15, -0.1) is 0 Å². The number of nitrogens with zero attached hydrogens (tertiary/aromatic N) is 1. The number of hydrogen-bond acceptors (Lipinski definition) is 3. The van der Waals surface area contributed by atoms with Crippen molar-refractivity contribution in [2.45, 2.75) is 31.8 Å². The van der Waals surface area contributed by atoms with Crippen molar-refractivity contribution in [1.29, 1.82) is 0 Å². The van der Waals surface area contributed by atoms with Crippen LogP contribution >= 0.6 is 0 Å². The second-order valence-electron chi connectivity index (χ2n) is 5.24. The molecule has 0 radical (unpaired) electrons. The SMILES string of the molecule is O=C(O)c1ccc2c(c1)CCN2C(=O)C1CCCCO1. The molecule has 5 heteroatoms. The van der Waals surface area contributed by atoms with E-state index in [9.17, 15) is 9.59 Å². The molecule has 1 aromatic rings. The van der Waals surface area contributed by atoms with Gasteiger partial charge in [0, 0.05) is 18.8 Å². The van der Waals surface area contributed by atoms with E-state index in [1.165, 1.54) is 0 Å². The maximum atomic E-state index is 12.5. The molecule has 20 heavy (non-hydrogen) atoms. The van der Waals surface area contributed by atoms with Crippen molar-refractivity contribution in [3.8, 4) is 0 Å². The van der Waals surface area contributed by atoms with E-state index >= 15 is 0 Å². The van der Waals surface area contributed by atoms with Crippen LogP contribution in [-0.4, -0.2) is 36.2 Å². The number of carboxylic acid groups (broad SMARTS) is 1. The van der Waals surface area contributed by atoms with Gasteiger partial charge in [0.2, 0.25) is 0 Å². The number of hydrogen-bond donors (Lipinski definition) is 1. The van der Waals surface area contributed by atoms with Gasteiger partial charge in [-0.25, -0.2) is 4.79 Å². The van der Waals surface area contributed by atoms with E-state index in [4.69, 9.17) is 9.84 Å². The Kier molecular flexibility index (Phi) is 3.44. The summed E-state index contributed by atoms with van der Waals surface area (Å²) in [6.45, 7) is 1.26. The zero-order chi connectivity index (χ0) is 14.1. The van der Waals surface area contributed by atoms with Gasteiger partial charge in [-0.1, -0.05) is 0 Å². The number of aromatic carboxylic acids is 1. The van der Waals surface area contributed by atoms with E-state index in [0.717, 1.165) is 30.5 Å². The highest BCUT2D eigenvalue weighted by molar-refractivity contribution is 5.99. The van der Waals surface area contributed by atoms with Crippen molar-refractivity contribution in [2.75, 3.05) is 18.1 Å². The summed E-state index contributed by atoms with van der Waals surface area (Å²) in [5, 5.41) is 8.99. The first-order valence-electron chi connectivity index (χ1n) is 6.96. The molecule has 0 aliphatic carbocycles. The predicted molar refractivity (Wildman–Crippen MR) is 73.0 cm³/mol. The Balaban J connectivity index is 1.81. The quantitative estimate of drug-likeness (QED) is 0.894. The molecular weight excluding hydrogens is 258 g/mol. The number of benzene rings is 1. The van der Waals surface area contributed by atoms with Gasteiger partial charge in [-0.3, -0.25) is 4.79 Å².